The highest BCUT2D eigenvalue weighted by Crippen LogP contribution is 2.42. The Labute approximate surface area is 193 Å². The van der Waals surface area contributed by atoms with Gasteiger partial charge in [-0.1, -0.05) is 24.6 Å². The van der Waals surface area contributed by atoms with Crippen LogP contribution in [0.4, 0.5) is 0 Å². The van der Waals surface area contributed by atoms with E-state index in [-0.39, 0.29) is 12.6 Å². The van der Waals surface area contributed by atoms with Crippen LogP contribution in [0.15, 0.2) is 12.1 Å². The molecule has 0 N–H and O–H groups in total. The van der Waals surface area contributed by atoms with Crippen LogP contribution in [0.3, 0.4) is 0 Å². The SMILES string of the molecule is CCc1c(-c2c(Cl)ccc3c(CCCOC(C)=O)c(C(=O)OC)n(C)c23)c(C)nn1CC. The summed E-state index contributed by atoms with van der Waals surface area (Å²) < 4.78 is 14.1. The van der Waals surface area contributed by atoms with E-state index < -0.39 is 5.97 Å². The summed E-state index contributed by atoms with van der Waals surface area (Å²) in [6.07, 6.45) is 1.96. The molecule has 3 rings (SSSR count). The maximum absolute atomic E-state index is 12.8. The molecule has 0 bridgehead atoms. The Morgan fingerprint density at radius 1 is 1.19 bits per heavy atom. The van der Waals surface area contributed by atoms with Crippen molar-refractivity contribution in [2.24, 2.45) is 7.05 Å². The van der Waals surface area contributed by atoms with E-state index in [0.717, 1.165) is 51.9 Å². The molecule has 1 aromatic carbocycles. The van der Waals surface area contributed by atoms with Crippen LogP contribution < -0.4 is 0 Å². The number of ether oxygens (including phenoxy) is 2. The second-order valence-corrected chi connectivity index (χ2v) is 8.12. The fourth-order valence-electron chi connectivity index (χ4n) is 4.49. The van der Waals surface area contributed by atoms with Crippen molar-refractivity contribution in [1.82, 2.24) is 14.3 Å². The number of fused-ring (bicyclic) bond motifs is 1. The molecule has 0 amide bonds. The molecule has 0 spiro atoms. The van der Waals surface area contributed by atoms with Crippen molar-refractivity contribution in [3.8, 4) is 11.1 Å². The summed E-state index contributed by atoms with van der Waals surface area (Å²) >= 11 is 6.78. The minimum atomic E-state index is -0.412. The van der Waals surface area contributed by atoms with Crippen molar-refractivity contribution in [3.05, 3.63) is 39.8 Å². The minimum Gasteiger partial charge on any atom is -0.466 e. The van der Waals surface area contributed by atoms with Crippen molar-refractivity contribution in [2.45, 2.75) is 53.5 Å². The highest BCUT2D eigenvalue weighted by molar-refractivity contribution is 6.35. The van der Waals surface area contributed by atoms with E-state index in [4.69, 9.17) is 26.2 Å². The Morgan fingerprint density at radius 2 is 1.91 bits per heavy atom. The van der Waals surface area contributed by atoms with Crippen molar-refractivity contribution >= 4 is 34.4 Å². The third-order valence-electron chi connectivity index (χ3n) is 5.78. The normalized spacial score (nSPS) is 11.2. The first-order valence-electron chi connectivity index (χ1n) is 10.8. The number of hydrogen-bond donors (Lipinski definition) is 0. The van der Waals surface area contributed by atoms with Gasteiger partial charge in [0.2, 0.25) is 0 Å². The topological polar surface area (TPSA) is 75.4 Å². The van der Waals surface area contributed by atoms with Gasteiger partial charge in [-0.3, -0.25) is 9.48 Å². The number of carbonyl (C=O) groups excluding carboxylic acids is 2. The Bertz CT molecular complexity index is 1180. The first-order valence-corrected chi connectivity index (χ1v) is 11.2. The fraction of sp³-hybridized carbons (Fsp3) is 0.458. The number of aryl methyl sites for hydroxylation is 4. The number of esters is 2. The molecule has 8 heteroatoms. The Morgan fingerprint density at radius 3 is 2.50 bits per heavy atom. The average molecular weight is 460 g/mol. The molecule has 3 aromatic rings. The molecule has 0 aliphatic rings. The Balaban J connectivity index is 2.29. The molecular formula is C24H30ClN3O4. The van der Waals surface area contributed by atoms with E-state index in [2.05, 4.69) is 13.8 Å². The predicted molar refractivity (Wildman–Crippen MR) is 125 cm³/mol. The fourth-order valence-corrected chi connectivity index (χ4v) is 4.74. The zero-order chi connectivity index (χ0) is 23.6. The number of benzene rings is 1. The summed E-state index contributed by atoms with van der Waals surface area (Å²) in [6.45, 7) is 8.59. The van der Waals surface area contributed by atoms with E-state index >= 15 is 0 Å². The molecule has 172 valence electrons. The maximum Gasteiger partial charge on any atom is 0.354 e. The van der Waals surface area contributed by atoms with Crippen LogP contribution in [0.2, 0.25) is 5.02 Å². The molecular weight excluding hydrogens is 430 g/mol. The molecule has 0 radical (unpaired) electrons. The van der Waals surface area contributed by atoms with Crippen LogP contribution in [0, 0.1) is 6.92 Å². The lowest BCUT2D eigenvalue weighted by molar-refractivity contribution is -0.141. The number of nitrogens with zero attached hydrogens (tertiary/aromatic N) is 3. The molecule has 0 saturated heterocycles. The second kappa shape index (κ2) is 9.77. The number of methoxy groups -OCH3 is 1. The predicted octanol–water partition coefficient (Wildman–Crippen LogP) is 4.87. The highest BCUT2D eigenvalue weighted by atomic mass is 35.5. The molecule has 0 unspecified atom stereocenters. The second-order valence-electron chi connectivity index (χ2n) is 7.72. The minimum absolute atomic E-state index is 0.287. The van der Waals surface area contributed by atoms with Gasteiger partial charge in [0.1, 0.15) is 5.69 Å². The molecule has 0 atom stereocenters. The van der Waals surface area contributed by atoms with Crippen molar-refractivity contribution < 1.29 is 19.1 Å². The zero-order valence-electron chi connectivity index (χ0n) is 19.5. The summed E-state index contributed by atoms with van der Waals surface area (Å²) in [7, 11) is 3.23. The van der Waals surface area contributed by atoms with Gasteiger partial charge in [0.05, 0.1) is 29.9 Å². The lowest BCUT2D eigenvalue weighted by atomic mass is 9.97. The lowest BCUT2D eigenvalue weighted by Gasteiger charge is -2.12. The van der Waals surface area contributed by atoms with Gasteiger partial charge in [-0.05, 0) is 44.7 Å². The summed E-state index contributed by atoms with van der Waals surface area (Å²) in [4.78, 5) is 23.9. The van der Waals surface area contributed by atoms with Gasteiger partial charge in [0, 0.05) is 42.7 Å². The van der Waals surface area contributed by atoms with E-state index in [1.165, 1.54) is 14.0 Å². The molecule has 0 fully saturated rings. The van der Waals surface area contributed by atoms with Crippen molar-refractivity contribution in [3.63, 3.8) is 0 Å². The first-order chi connectivity index (χ1) is 15.3. The Kier molecular flexibility index (Phi) is 7.29. The number of aromatic nitrogens is 3. The highest BCUT2D eigenvalue weighted by Gasteiger charge is 2.27. The summed E-state index contributed by atoms with van der Waals surface area (Å²) in [5.74, 6) is -0.731. The summed E-state index contributed by atoms with van der Waals surface area (Å²) in [5, 5.41) is 6.26. The largest absolute Gasteiger partial charge is 0.466 e. The van der Waals surface area contributed by atoms with E-state index in [1.54, 1.807) is 0 Å². The van der Waals surface area contributed by atoms with Gasteiger partial charge in [-0.15, -0.1) is 0 Å². The van der Waals surface area contributed by atoms with Gasteiger partial charge in [-0.2, -0.15) is 5.10 Å². The maximum atomic E-state index is 12.8. The van der Waals surface area contributed by atoms with Crippen molar-refractivity contribution in [1.29, 1.82) is 0 Å². The third kappa shape index (κ3) is 4.13. The van der Waals surface area contributed by atoms with Crippen LogP contribution >= 0.6 is 11.6 Å². The summed E-state index contributed by atoms with van der Waals surface area (Å²) in [6, 6.07) is 3.82. The van der Waals surface area contributed by atoms with Crippen LogP contribution in [0.25, 0.3) is 22.0 Å². The number of hydrogen-bond acceptors (Lipinski definition) is 5. The van der Waals surface area contributed by atoms with Gasteiger partial charge in [-0.25, -0.2) is 4.79 Å². The molecule has 2 aromatic heterocycles. The van der Waals surface area contributed by atoms with Gasteiger partial charge in [0.15, 0.2) is 0 Å². The molecule has 7 nitrogen and oxygen atoms in total. The van der Waals surface area contributed by atoms with Crippen LogP contribution in [-0.2, 0) is 40.7 Å². The quantitative estimate of drug-likeness (QED) is 0.355. The molecule has 32 heavy (non-hydrogen) atoms. The molecule has 0 aliphatic heterocycles. The smallest absolute Gasteiger partial charge is 0.354 e. The van der Waals surface area contributed by atoms with E-state index in [0.29, 0.717) is 23.6 Å². The third-order valence-corrected chi connectivity index (χ3v) is 6.10. The van der Waals surface area contributed by atoms with E-state index in [1.807, 2.05) is 35.4 Å². The average Bonchev–Trinajstić information content (AvgIpc) is 3.24. The molecule has 2 heterocycles. The number of rotatable bonds is 8. The number of carbonyl (C=O) groups is 2. The lowest BCUT2D eigenvalue weighted by Crippen LogP contribution is -2.11. The summed E-state index contributed by atoms with van der Waals surface area (Å²) in [5.41, 5.74) is 6.09. The van der Waals surface area contributed by atoms with Gasteiger partial charge in [0.25, 0.3) is 0 Å². The van der Waals surface area contributed by atoms with Gasteiger partial charge >= 0.3 is 11.9 Å². The molecule has 0 saturated carbocycles. The van der Waals surface area contributed by atoms with Crippen LogP contribution in [-0.4, -0.2) is 40.0 Å². The first kappa shape index (κ1) is 23.9. The van der Waals surface area contributed by atoms with Gasteiger partial charge < -0.3 is 14.0 Å². The molecule has 0 aliphatic carbocycles. The van der Waals surface area contributed by atoms with Crippen LogP contribution in [0.1, 0.15) is 54.6 Å². The van der Waals surface area contributed by atoms with E-state index in [9.17, 15) is 9.59 Å². The van der Waals surface area contributed by atoms with Crippen LogP contribution in [0.5, 0.6) is 0 Å². The number of halogens is 1. The Hall–Kier alpha value is -2.80. The standard InChI is InChI=1S/C24H30ClN3O4/c1-7-19-20(14(3)26-28(19)8-2)21-18(25)12-11-17-16(10-9-13-32-15(4)29)23(24(30)31-6)27(5)22(17)21/h11-12H,7-10,13H2,1-6H3. The van der Waals surface area contributed by atoms with Crippen molar-refractivity contribution in [2.75, 3.05) is 13.7 Å². The monoisotopic (exact) mass is 459 g/mol. The zero-order valence-corrected chi connectivity index (χ0v) is 20.3.